The summed E-state index contributed by atoms with van der Waals surface area (Å²) in [4.78, 5) is 14.1. The van der Waals surface area contributed by atoms with Gasteiger partial charge >= 0.3 is 0 Å². The first-order chi connectivity index (χ1) is 10.6. The van der Waals surface area contributed by atoms with Gasteiger partial charge in [0.1, 0.15) is 11.6 Å². The molecule has 0 aromatic heterocycles. The largest absolute Gasteiger partial charge is 0.334 e. The van der Waals surface area contributed by atoms with E-state index >= 15 is 0 Å². The molecule has 0 unspecified atom stereocenters. The fraction of sp³-hybridized carbons (Fsp3) is 0.278. The minimum Gasteiger partial charge on any atom is -0.334 e. The molecule has 0 N–H and O–H groups in total. The molecule has 2 rings (SSSR count). The second-order valence-electron chi connectivity index (χ2n) is 5.15. The van der Waals surface area contributed by atoms with Crippen LogP contribution in [0, 0.1) is 11.6 Å². The van der Waals surface area contributed by atoms with Crippen LogP contribution in [0.4, 0.5) is 8.78 Å². The van der Waals surface area contributed by atoms with Gasteiger partial charge in [0.15, 0.2) is 0 Å². The molecule has 0 aliphatic heterocycles. The molecule has 0 radical (unpaired) electrons. The maximum absolute atomic E-state index is 13.8. The quantitative estimate of drug-likeness (QED) is 0.774. The van der Waals surface area contributed by atoms with Gasteiger partial charge in [-0.05, 0) is 24.6 Å². The first-order valence-electron chi connectivity index (χ1n) is 7.40. The number of hydrogen-bond acceptors (Lipinski definition) is 1. The predicted octanol–water partition coefficient (Wildman–Crippen LogP) is 4.41. The van der Waals surface area contributed by atoms with E-state index in [1.54, 1.807) is 30.3 Å². The van der Waals surface area contributed by atoms with E-state index in [0.717, 1.165) is 12.8 Å². The van der Waals surface area contributed by atoms with Crippen LogP contribution in [0.15, 0.2) is 48.5 Å². The average Bonchev–Trinajstić information content (AvgIpc) is 2.53. The molecular weight excluding hydrogens is 284 g/mol. The highest BCUT2D eigenvalue weighted by atomic mass is 19.1. The third-order valence-electron chi connectivity index (χ3n) is 3.49. The Morgan fingerprint density at radius 2 is 1.64 bits per heavy atom. The van der Waals surface area contributed by atoms with E-state index in [0.29, 0.717) is 12.1 Å². The van der Waals surface area contributed by atoms with Crippen LogP contribution in [0.5, 0.6) is 0 Å². The van der Waals surface area contributed by atoms with Gasteiger partial charge in [-0.3, -0.25) is 4.79 Å². The molecule has 0 saturated carbocycles. The molecule has 22 heavy (non-hydrogen) atoms. The number of unbranched alkanes of at least 4 members (excludes halogenated alkanes) is 1. The van der Waals surface area contributed by atoms with E-state index in [9.17, 15) is 13.6 Å². The first kappa shape index (κ1) is 16.1. The molecule has 4 heteroatoms. The molecular formula is C18H19F2NO. The van der Waals surface area contributed by atoms with E-state index in [-0.39, 0.29) is 17.9 Å². The smallest absolute Gasteiger partial charge is 0.257 e. The zero-order valence-electron chi connectivity index (χ0n) is 12.6. The highest BCUT2D eigenvalue weighted by Crippen LogP contribution is 2.15. The van der Waals surface area contributed by atoms with Crippen LogP contribution in [0.3, 0.4) is 0 Å². The van der Waals surface area contributed by atoms with Crippen molar-refractivity contribution in [2.24, 2.45) is 0 Å². The maximum Gasteiger partial charge on any atom is 0.257 e. The molecule has 0 bridgehead atoms. The summed E-state index contributed by atoms with van der Waals surface area (Å²) >= 11 is 0. The third-order valence-corrected chi connectivity index (χ3v) is 3.49. The maximum atomic E-state index is 13.8. The van der Waals surface area contributed by atoms with Crippen molar-refractivity contribution in [3.63, 3.8) is 0 Å². The summed E-state index contributed by atoms with van der Waals surface area (Å²) in [6, 6.07) is 12.2. The Bertz CT molecular complexity index is 642. The molecule has 0 aliphatic carbocycles. The van der Waals surface area contributed by atoms with Crippen LogP contribution in [0.25, 0.3) is 0 Å². The summed E-state index contributed by atoms with van der Waals surface area (Å²) in [5, 5.41) is 0. The fourth-order valence-corrected chi connectivity index (χ4v) is 2.24. The van der Waals surface area contributed by atoms with Crippen molar-refractivity contribution < 1.29 is 13.6 Å². The lowest BCUT2D eigenvalue weighted by molar-refractivity contribution is 0.0734. The normalized spacial score (nSPS) is 10.5. The fourth-order valence-electron chi connectivity index (χ4n) is 2.24. The molecule has 116 valence electrons. The second-order valence-corrected chi connectivity index (χ2v) is 5.15. The predicted molar refractivity (Wildman–Crippen MR) is 82.4 cm³/mol. The third kappa shape index (κ3) is 3.91. The van der Waals surface area contributed by atoms with Gasteiger partial charge in [-0.1, -0.05) is 43.7 Å². The van der Waals surface area contributed by atoms with Crippen molar-refractivity contribution in [1.29, 1.82) is 0 Å². The van der Waals surface area contributed by atoms with Crippen LogP contribution in [-0.2, 0) is 6.54 Å². The molecule has 0 fully saturated rings. The Hall–Kier alpha value is -2.23. The van der Waals surface area contributed by atoms with E-state index < -0.39 is 11.7 Å². The zero-order chi connectivity index (χ0) is 15.9. The Morgan fingerprint density at radius 1 is 1.00 bits per heavy atom. The monoisotopic (exact) mass is 303 g/mol. The Morgan fingerprint density at radius 3 is 2.27 bits per heavy atom. The van der Waals surface area contributed by atoms with Gasteiger partial charge in [0.2, 0.25) is 0 Å². The van der Waals surface area contributed by atoms with Crippen LogP contribution < -0.4 is 0 Å². The van der Waals surface area contributed by atoms with Crippen LogP contribution in [-0.4, -0.2) is 17.4 Å². The lowest BCUT2D eigenvalue weighted by Gasteiger charge is -2.23. The van der Waals surface area contributed by atoms with E-state index in [4.69, 9.17) is 0 Å². The lowest BCUT2D eigenvalue weighted by atomic mass is 10.1. The number of benzene rings is 2. The topological polar surface area (TPSA) is 20.3 Å². The summed E-state index contributed by atoms with van der Waals surface area (Å²) in [6.45, 7) is 2.62. The summed E-state index contributed by atoms with van der Waals surface area (Å²) < 4.78 is 27.6. The Kier molecular flexibility index (Phi) is 5.64. The van der Waals surface area contributed by atoms with Crippen LogP contribution in [0.2, 0.25) is 0 Å². The average molecular weight is 303 g/mol. The summed E-state index contributed by atoms with van der Waals surface area (Å²) in [7, 11) is 0. The van der Waals surface area contributed by atoms with Gasteiger partial charge in [0.05, 0.1) is 5.56 Å². The standard InChI is InChI=1S/C18H19F2NO/c1-2-3-12-21(13-14-8-4-6-10-16(14)19)18(22)15-9-5-7-11-17(15)20/h4-11H,2-3,12-13H2,1H3. The first-order valence-corrected chi connectivity index (χ1v) is 7.40. The Labute approximate surface area is 129 Å². The highest BCUT2D eigenvalue weighted by Gasteiger charge is 2.19. The number of rotatable bonds is 6. The molecule has 2 aromatic carbocycles. The molecule has 0 aliphatic rings. The van der Waals surface area contributed by atoms with Gasteiger partial charge < -0.3 is 4.90 Å². The van der Waals surface area contributed by atoms with Crippen LogP contribution >= 0.6 is 0 Å². The molecule has 0 spiro atoms. The van der Waals surface area contributed by atoms with Gasteiger partial charge in [0.25, 0.3) is 5.91 Å². The molecule has 0 heterocycles. The SMILES string of the molecule is CCCCN(Cc1ccccc1F)C(=O)c1ccccc1F. The number of halogens is 2. The Balaban J connectivity index is 2.24. The molecule has 0 atom stereocenters. The molecule has 2 aromatic rings. The molecule has 1 amide bonds. The second kappa shape index (κ2) is 7.69. The van der Waals surface area contributed by atoms with E-state index in [1.807, 2.05) is 6.92 Å². The van der Waals surface area contributed by atoms with E-state index in [1.165, 1.54) is 23.1 Å². The number of amides is 1. The van der Waals surface area contributed by atoms with Gasteiger partial charge in [-0.2, -0.15) is 0 Å². The van der Waals surface area contributed by atoms with Gasteiger partial charge in [0, 0.05) is 18.7 Å². The lowest BCUT2D eigenvalue weighted by Crippen LogP contribution is -2.32. The minimum absolute atomic E-state index is 0.0231. The molecule has 0 saturated heterocycles. The van der Waals surface area contributed by atoms with E-state index in [2.05, 4.69) is 0 Å². The van der Waals surface area contributed by atoms with Crippen molar-refractivity contribution in [3.8, 4) is 0 Å². The van der Waals surface area contributed by atoms with Crippen molar-refractivity contribution >= 4 is 5.91 Å². The summed E-state index contributed by atoms with van der Waals surface area (Å²) in [5.41, 5.74) is 0.457. The van der Waals surface area contributed by atoms with Gasteiger partial charge in [-0.15, -0.1) is 0 Å². The van der Waals surface area contributed by atoms with Crippen molar-refractivity contribution in [3.05, 3.63) is 71.3 Å². The summed E-state index contributed by atoms with van der Waals surface area (Å²) in [6.07, 6.45) is 1.69. The number of hydrogen-bond donors (Lipinski definition) is 0. The number of carbonyl (C=O) groups is 1. The highest BCUT2D eigenvalue weighted by molar-refractivity contribution is 5.94. The van der Waals surface area contributed by atoms with Crippen molar-refractivity contribution in [1.82, 2.24) is 4.90 Å². The molecule has 2 nitrogen and oxygen atoms in total. The van der Waals surface area contributed by atoms with Crippen molar-refractivity contribution in [2.75, 3.05) is 6.54 Å². The number of carbonyl (C=O) groups excluding carboxylic acids is 1. The van der Waals surface area contributed by atoms with Crippen molar-refractivity contribution in [2.45, 2.75) is 26.3 Å². The van der Waals surface area contributed by atoms with Crippen LogP contribution in [0.1, 0.15) is 35.7 Å². The van der Waals surface area contributed by atoms with Gasteiger partial charge in [-0.25, -0.2) is 8.78 Å². The summed E-state index contributed by atoms with van der Waals surface area (Å²) in [5.74, 6) is -1.32. The zero-order valence-corrected chi connectivity index (χ0v) is 12.6. The minimum atomic E-state index is -0.553. The number of nitrogens with zero attached hydrogens (tertiary/aromatic N) is 1.